The average Bonchev–Trinajstić information content (AvgIpc) is 2.60. The van der Waals surface area contributed by atoms with E-state index in [1.165, 1.54) is 6.08 Å². The molecule has 3 atom stereocenters. The molecule has 0 aliphatic carbocycles. The number of aliphatic hydroxyl groups is 1. The topological polar surface area (TPSA) is 76.1 Å². The van der Waals surface area contributed by atoms with Gasteiger partial charge < -0.3 is 14.6 Å². The molecule has 0 aromatic rings. The number of alkyl halides is 1. The highest BCUT2D eigenvalue weighted by Crippen LogP contribution is 2.37. The van der Waals surface area contributed by atoms with Crippen LogP contribution in [0.15, 0.2) is 12.7 Å². The third-order valence-corrected chi connectivity index (χ3v) is 3.20. The van der Waals surface area contributed by atoms with Crippen LogP contribution in [-0.2, 0) is 14.3 Å². The Bertz CT molecular complexity index is 434. The van der Waals surface area contributed by atoms with Crippen molar-refractivity contribution in [2.45, 2.75) is 50.6 Å². The normalized spacial score (nSPS) is 29.1. The lowest BCUT2D eigenvalue weighted by Gasteiger charge is -2.31. The van der Waals surface area contributed by atoms with Gasteiger partial charge in [0.05, 0.1) is 13.7 Å². The lowest BCUT2D eigenvalue weighted by atomic mass is 9.90. The maximum Gasteiger partial charge on any atom is 0.411 e. The van der Waals surface area contributed by atoms with Crippen molar-refractivity contribution in [3.63, 3.8) is 0 Å². The second-order valence-electron chi connectivity index (χ2n) is 5.99. The predicted molar refractivity (Wildman–Crippen MR) is 73.4 cm³/mol. The molecule has 1 fully saturated rings. The fraction of sp³-hybridized carbons (Fsp3) is 0.714. The summed E-state index contributed by atoms with van der Waals surface area (Å²) in [4.78, 5) is 24.9. The number of hydrogen-bond donors (Lipinski definition) is 1. The van der Waals surface area contributed by atoms with Gasteiger partial charge in [-0.3, -0.25) is 4.90 Å². The van der Waals surface area contributed by atoms with E-state index >= 15 is 0 Å². The first-order valence-corrected chi connectivity index (χ1v) is 6.62. The molecule has 1 aliphatic rings. The van der Waals surface area contributed by atoms with Crippen LogP contribution >= 0.6 is 0 Å². The SMILES string of the molecule is C=CC[C@]1(F)[C@@H](O)CN(C(=O)OC(C)(C)C)[C@@H]1C(=O)OC. The van der Waals surface area contributed by atoms with Gasteiger partial charge in [0, 0.05) is 6.42 Å². The molecule has 1 amide bonds. The summed E-state index contributed by atoms with van der Waals surface area (Å²) in [6.45, 7) is 8.02. The van der Waals surface area contributed by atoms with Crippen LogP contribution in [0.25, 0.3) is 0 Å². The summed E-state index contributed by atoms with van der Waals surface area (Å²) >= 11 is 0. The van der Waals surface area contributed by atoms with Crippen molar-refractivity contribution in [3.8, 4) is 0 Å². The van der Waals surface area contributed by atoms with Crippen molar-refractivity contribution in [2.75, 3.05) is 13.7 Å². The van der Waals surface area contributed by atoms with Crippen LogP contribution in [0.2, 0.25) is 0 Å². The molecule has 1 heterocycles. The molecule has 0 unspecified atom stereocenters. The van der Waals surface area contributed by atoms with Gasteiger partial charge in [-0.2, -0.15) is 0 Å². The fourth-order valence-corrected chi connectivity index (χ4v) is 2.29. The smallest absolute Gasteiger partial charge is 0.411 e. The van der Waals surface area contributed by atoms with E-state index in [2.05, 4.69) is 11.3 Å². The molecule has 1 aliphatic heterocycles. The lowest BCUT2D eigenvalue weighted by molar-refractivity contribution is -0.151. The van der Waals surface area contributed by atoms with Gasteiger partial charge >= 0.3 is 12.1 Å². The van der Waals surface area contributed by atoms with E-state index in [0.717, 1.165) is 12.0 Å². The Morgan fingerprint density at radius 2 is 2.10 bits per heavy atom. The zero-order valence-corrected chi connectivity index (χ0v) is 12.8. The second kappa shape index (κ2) is 6.01. The zero-order valence-electron chi connectivity index (χ0n) is 12.8. The van der Waals surface area contributed by atoms with Crippen molar-refractivity contribution in [2.24, 2.45) is 0 Å². The fourth-order valence-electron chi connectivity index (χ4n) is 2.29. The van der Waals surface area contributed by atoms with Crippen molar-refractivity contribution in [3.05, 3.63) is 12.7 Å². The summed E-state index contributed by atoms with van der Waals surface area (Å²) in [6, 6.07) is -1.56. The van der Waals surface area contributed by atoms with Crippen LogP contribution in [0.4, 0.5) is 9.18 Å². The van der Waals surface area contributed by atoms with Crippen LogP contribution in [0.1, 0.15) is 27.2 Å². The van der Waals surface area contributed by atoms with Gasteiger partial charge in [-0.1, -0.05) is 6.08 Å². The summed E-state index contributed by atoms with van der Waals surface area (Å²) in [7, 11) is 1.09. The molecular weight excluding hydrogens is 281 g/mol. The van der Waals surface area contributed by atoms with E-state index in [1.54, 1.807) is 20.8 Å². The number of nitrogens with zero attached hydrogens (tertiary/aromatic N) is 1. The quantitative estimate of drug-likeness (QED) is 0.630. The number of likely N-dealkylation sites (tertiary alicyclic amines) is 1. The first kappa shape index (κ1) is 17.4. The number of allylic oxidation sites excluding steroid dienone is 1. The number of hydrogen-bond acceptors (Lipinski definition) is 5. The van der Waals surface area contributed by atoms with E-state index in [-0.39, 0.29) is 13.0 Å². The molecule has 1 rings (SSSR count). The number of methoxy groups -OCH3 is 1. The molecule has 1 N–H and O–H groups in total. The minimum absolute atomic E-state index is 0.284. The van der Waals surface area contributed by atoms with Crippen LogP contribution < -0.4 is 0 Å². The first-order chi connectivity index (χ1) is 9.56. The second-order valence-corrected chi connectivity index (χ2v) is 5.99. The van der Waals surface area contributed by atoms with Crippen LogP contribution in [0, 0.1) is 0 Å². The van der Waals surface area contributed by atoms with E-state index in [9.17, 15) is 19.1 Å². The Labute approximate surface area is 123 Å². The predicted octanol–water partition coefficient (Wildman–Crippen LogP) is 1.42. The average molecular weight is 303 g/mol. The largest absolute Gasteiger partial charge is 0.467 e. The third-order valence-electron chi connectivity index (χ3n) is 3.20. The van der Waals surface area contributed by atoms with Crippen molar-refractivity contribution in [1.29, 1.82) is 0 Å². The van der Waals surface area contributed by atoms with E-state index in [1.807, 2.05) is 0 Å². The Balaban J connectivity index is 3.11. The number of ether oxygens (including phenoxy) is 2. The van der Waals surface area contributed by atoms with Crippen LogP contribution in [0.5, 0.6) is 0 Å². The highest BCUT2D eigenvalue weighted by atomic mass is 19.1. The van der Waals surface area contributed by atoms with Gasteiger partial charge in [-0.25, -0.2) is 14.0 Å². The molecule has 120 valence electrons. The molecule has 0 spiro atoms. The number of halogens is 1. The number of carbonyl (C=O) groups excluding carboxylic acids is 2. The van der Waals surface area contributed by atoms with Gasteiger partial charge in [-0.15, -0.1) is 6.58 Å². The van der Waals surface area contributed by atoms with Crippen LogP contribution in [-0.4, -0.2) is 59.1 Å². The molecule has 7 heteroatoms. The summed E-state index contributed by atoms with van der Waals surface area (Å²) in [5.74, 6) is -0.943. The maximum absolute atomic E-state index is 15.0. The highest BCUT2D eigenvalue weighted by molar-refractivity contribution is 5.84. The summed E-state index contributed by atoms with van der Waals surface area (Å²) in [6.07, 6.45) is -1.43. The maximum atomic E-state index is 15.0. The molecule has 0 radical (unpaired) electrons. The Morgan fingerprint density at radius 1 is 1.52 bits per heavy atom. The van der Waals surface area contributed by atoms with Gasteiger partial charge in [0.25, 0.3) is 0 Å². The molecule has 0 saturated carbocycles. The molecule has 1 saturated heterocycles. The number of amides is 1. The molecule has 0 aromatic carbocycles. The zero-order chi connectivity index (χ0) is 16.4. The lowest BCUT2D eigenvalue weighted by Crippen LogP contribution is -2.52. The molecular formula is C14H22FNO5. The molecule has 0 bridgehead atoms. The summed E-state index contributed by atoms with van der Waals surface area (Å²) in [5, 5.41) is 9.93. The molecule has 0 aromatic heterocycles. The monoisotopic (exact) mass is 303 g/mol. The number of aliphatic hydroxyl groups excluding tert-OH is 1. The summed E-state index contributed by atoms with van der Waals surface area (Å²) < 4.78 is 24.7. The molecule has 21 heavy (non-hydrogen) atoms. The van der Waals surface area contributed by atoms with Crippen molar-refractivity contribution < 1.29 is 28.6 Å². The van der Waals surface area contributed by atoms with Crippen molar-refractivity contribution >= 4 is 12.1 Å². The number of esters is 1. The minimum atomic E-state index is -2.34. The standard InChI is InChI=1S/C14H22FNO5/c1-6-7-14(15)9(17)8-16(10(14)11(18)20-5)12(19)21-13(2,3)4/h6,9-10,17H,1,7-8H2,2-5H3/t9-,10+,14-/m0/s1. The Hall–Kier alpha value is -1.63. The Kier molecular flexibility index (Phi) is 4.99. The van der Waals surface area contributed by atoms with Gasteiger partial charge in [-0.05, 0) is 20.8 Å². The minimum Gasteiger partial charge on any atom is -0.467 e. The van der Waals surface area contributed by atoms with Gasteiger partial charge in [0.2, 0.25) is 0 Å². The molecule has 6 nitrogen and oxygen atoms in total. The van der Waals surface area contributed by atoms with Crippen molar-refractivity contribution in [1.82, 2.24) is 4.90 Å². The number of carbonyl (C=O) groups is 2. The van der Waals surface area contributed by atoms with E-state index in [0.29, 0.717) is 0 Å². The first-order valence-electron chi connectivity index (χ1n) is 6.62. The Morgan fingerprint density at radius 3 is 2.52 bits per heavy atom. The summed E-state index contributed by atoms with van der Waals surface area (Å²) in [5.41, 5.74) is -3.14. The van der Waals surface area contributed by atoms with E-state index in [4.69, 9.17) is 4.74 Å². The number of β-amino-alcohol motifs (C(OH)–C–C–N with tert-alkyl or cyclic N) is 1. The van der Waals surface area contributed by atoms with Gasteiger partial charge in [0.15, 0.2) is 11.7 Å². The van der Waals surface area contributed by atoms with Gasteiger partial charge in [0.1, 0.15) is 11.7 Å². The third kappa shape index (κ3) is 3.53. The number of rotatable bonds is 3. The van der Waals surface area contributed by atoms with E-state index < -0.39 is 35.5 Å². The highest BCUT2D eigenvalue weighted by Gasteiger charge is 2.60. The van der Waals surface area contributed by atoms with Crippen LogP contribution in [0.3, 0.4) is 0 Å².